The van der Waals surface area contributed by atoms with Crippen LogP contribution < -0.4 is 11.1 Å². The fourth-order valence-electron chi connectivity index (χ4n) is 2.50. The number of fused-ring (bicyclic) bond motifs is 1. The zero-order chi connectivity index (χ0) is 16.4. The van der Waals surface area contributed by atoms with Gasteiger partial charge in [0, 0.05) is 25.5 Å². The summed E-state index contributed by atoms with van der Waals surface area (Å²) in [5.41, 5.74) is 1.71. The van der Waals surface area contributed by atoms with Crippen LogP contribution in [0, 0.1) is 0 Å². The highest BCUT2D eigenvalue weighted by molar-refractivity contribution is 5.79. The van der Waals surface area contributed by atoms with E-state index in [1.165, 1.54) is 4.57 Å². The topological polar surface area (TPSA) is 89.4 Å². The summed E-state index contributed by atoms with van der Waals surface area (Å²) in [6.07, 6.45) is 1.01. The Hall–Kier alpha value is -2.80. The molecule has 2 aromatic heterocycles. The van der Waals surface area contributed by atoms with Crippen LogP contribution in [0.2, 0.25) is 0 Å². The van der Waals surface area contributed by atoms with Gasteiger partial charge < -0.3 is 19.4 Å². The van der Waals surface area contributed by atoms with Gasteiger partial charge in [0.25, 0.3) is 0 Å². The van der Waals surface area contributed by atoms with Crippen molar-refractivity contribution in [3.05, 3.63) is 58.8 Å². The van der Waals surface area contributed by atoms with Crippen LogP contribution in [0.15, 0.2) is 51.8 Å². The van der Waals surface area contributed by atoms with Gasteiger partial charge in [0.1, 0.15) is 12.6 Å². The van der Waals surface area contributed by atoms with Crippen LogP contribution in [-0.2, 0) is 18.4 Å². The molecule has 1 aromatic carbocycles. The number of hydrogen-bond acceptors (Lipinski definition) is 4. The van der Waals surface area contributed by atoms with Gasteiger partial charge in [-0.1, -0.05) is 12.1 Å². The molecule has 0 fully saturated rings. The van der Waals surface area contributed by atoms with E-state index in [1.54, 1.807) is 34.9 Å². The van der Waals surface area contributed by atoms with Gasteiger partial charge in [-0.25, -0.2) is 4.79 Å². The number of nitrogens with zero attached hydrogens (tertiary/aromatic N) is 2. The highest BCUT2D eigenvalue weighted by atomic mass is 16.4. The number of rotatable bonds is 5. The molecule has 23 heavy (non-hydrogen) atoms. The molecule has 0 saturated heterocycles. The van der Waals surface area contributed by atoms with Crippen molar-refractivity contribution in [1.82, 2.24) is 14.5 Å². The fourth-order valence-corrected chi connectivity index (χ4v) is 2.50. The van der Waals surface area contributed by atoms with E-state index in [0.717, 1.165) is 0 Å². The lowest BCUT2D eigenvalue weighted by Gasteiger charge is -2.13. The van der Waals surface area contributed by atoms with Crippen LogP contribution in [0.5, 0.6) is 0 Å². The third kappa shape index (κ3) is 3.04. The first-order chi connectivity index (χ1) is 11.1. The number of oxazole rings is 1. The second kappa shape index (κ2) is 6.13. The number of hydrogen-bond donors (Lipinski definition) is 2. The maximum atomic E-state index is 12.0. The summed E-state index contributed by atoms with van der Waals surface area (Å²) in [4.78, 5) is 23.8. The van der Waals surface area contributed by atoms with Crippen molar-refractivity contribution in [3.8, 4) is 0 Å². The average Bonchev–Trinajstić information content (AvgIpc) is 3.09. The van der Waals surface area contributed by atoms with Gasteiger partial charge in [0.05, 0.1) is 5.52 Å². The van der Waals surface area contributed by atoms with Gasteiger partial charge in [-0.05, 0) is 24.3 Å². The Kier molecular flexibility index (Phi) is 4.03. The number of amides is 1. The normalized spacial score (nSPS) is 12.4. The van der Waals surface area contributed by atoms with Crippen LogP contribution in [0.4, 0.5) is 0 Å². The highest BCUT2D eigenvalue weighted by Gasteiger charge is 2.15. The highest BCUT2D eigenvalue weighted by Crippen LogP contribution is 2.12. The molecule has 2 N–H and O–H groups in total. The number of carbonyl (C=O) groups excluding carboxylic acids is 1. The summed E-state index contributed by atoms with van der Waals surface area (Å²) in [7, 11) is 1.82. The standard InChI is InChI=1S/C16H17N3O4/c1-18-8-4-6-11(18)13(20)9-17-15(21)10-19-12-5-2-3-7-14(12)23-16(19)22/h2-8,13,20H,9-10H2,1H3,(H,17,21)/t13-/m1/s1. The number of aliphatic hydroxyl groups is 1. The Bertz CT molecular complexity index is 890. The SMILES string of the molecule is Cn1cccc1[C@H](O)CNC(=O)Cn1c(=O)oc2ccccc21. The Morgan fingerprint density at radius 1 is 1.30 bits per heavy atom. The van der Waals surface area contributed by atoms with Gasteiger partial charge in [0.15, 0.2) is 5.58 Å². The number of aryl methyl sites for hydroxylation is 1. The van der Waals surface area contributed by atoms with E-state index in [9.17, 15) is 14.7 Å². The molecular weight excluding hydrogens is 298 g/mol. The van der Waals surface area contributed by atoms with Crippen molar-refractivity contribution in [2.24, 2.45) is 7.05 Å². The smallest absolute Gasteiger partial charge is 0.408 e. The largest absolute Gasteiger partial charge is 0.420 e. The van der Waals surface area contributed by atoms with Crippen molar-refractivity contribution >= 4 is 17.0 Å². The second-order valence-electron chi connectivity index (χ2n) is 5.29. The number of aromatic nitrogens is 2. The molecule has 0 aliphatic carbocycles. The minimum absolute atomic E-state index is 0.0707. The summed E-state index contributed by atoms with van der Waals surface area (Å²) in [6.45, 7) is -0.0864. The van der Waals surface area contributed by atoms with E-state index in [0.29, 0.717) is 16.8 Å². The number of carbonyl (C=O) groups is 1. The molecule has 0 bridgehead atoms. The molecule has 7 heteroatoms. The first-order valence-electron chi connectivity index (χ1n) is 7.20. The van der Waals surface area contributed by atoms with E-state index in [4.69, 9.17) is 4.42 Å². The molecule has 0 spiro atoms. The zero-order valence-electron chi connectivity index (χ0n) is 12.6. The lowest BCUT2D eigenvalue weighted by atomic mass is 10.2. The molecule has 0 unspecified atom stereocenters. The van der Waals surface area contributed by atoms with Gasteiger partial charge in [-0.15, -0.1) is 0 Å². The summed E-state index contributed by atoms with van der Waals surface area (Å²) in [5, 5.41) is 12.7. The minimum Gasteiger partial charge on any atom is -0.408 e. The number of nitrogens with one attached hydrogen (secondary N) is 1. The molecular formula is C16H17N3O4. The first-order valence-corrected chi connectivity index (χ1v) is 7.20. The quantitative estimate of drug-likeness (QED) is 0.728. The lowest BCUT2D eigenvalue weighted by molar-refractivity contribution is -0.122. The van der Waals surface area contributed by atoms with Crippen LogP contribution in [0.3, 0.4) is 0 Å². The van der Waals surface area contributed by atoms with E-state index in [1.807, 2.05) is 19.3 Å². The zero-order valence-corrected chi connectivity index (χ0v) is 12.6. The molecule has 7 nitrogen and oxygen atoms in total. The third-order valence-corrected chi connectivity index (χ3v) is 3.69. The first kappa shape index (κ1) is 15.1. The molecule has 0 aliphatic rings. The molecule has 3 aromatic rings. The molecule has 0 aliphatic heterocycles. The minimum atomic E-state index is -0.809. The lowest BCUT2D eigenvalue weighted by Crippen LogP contribution is -2.33. The Labute approximate surface area is 131 Å². The Balaban J connectivity index is 1.66. The van der Waals surface area contributed by atoms with Crippen LogP contribution in [0.25, 0.3) is 11.1 Å². The molecule has 0 saturated carbocycles. The van der Waals surface area contributed by atoms with Crippen molar-refractivity contribution in [1.29, 1.82) is 0 Å². The van der Waals surface area contributed by atoms with Crippen LogP contribution in [-0.4, -0.2) is 26.7 Å². The third-order valence-electron chi connectivity index (χ3n) is 3.69. The van der Waals surface area contributed by atoms with Gasteiger partial charge in [-0.2, -0.15) is 0 Å². The number of para-hydroxylation sites is 2. The second-order valence-corrected chi connectivity index (χ2v) is 5.29. The van der Waals surface area contributed by atoms with E-state index < -0.39 is 11.9 Å². The maximum absolute atomic E-state index is 12.0. The summed E-state index contributed by atoms with van der Waals surface area (Å²) in [6, 6.07) is 10.5. The van der Waals surface area contributed by atoms with E-state index in [-0.39, 0.29) is 19.0 Å². The number of benzene rings is 1. The summed E-state index contributed by atoms with van der Waals surface area (Å²) in [5.74, 6) is -0.948. The molecule has 1 atom stereocenters. The molecule has 1 amide bonds. The maximum Gasteiger partial charge on any atom is 0.420 e. The Morgan fingerprint density at radius 2 is 2.09 bits per heavy atom. The van der Waals surface area contributed by atoms with Crippen molar-refractivity contribution in [2.75, 3.05) is 6.54 Å². The summed E-state index contributed by atoms with van der Waals surface area (Å²) >= 11 is 0. The molecule has 2 heterocycles. The van der Waals surface area contributed by atoms with Gasteiger partial charge >= 0.3 is 5.76 Å². The average molecular weight is 315 g/mol. The molecule has 120 valence electrons. The predicted molar refractivity (Wildman–Crippen MR) is 83.9 cm³/mol. The Morgan fingerprint density at radius 3 is 2.83 bits per heavy atom. The van der Waals surface area contributed by atoms with Gasteiger partial charge in [-0.3, -0.25) is 9.36 Å². The van der Waals surface area contributed by atoms with Crippen molar-refractivity contribution < 1.29 is 14.3 Å². The fraction of sp³-hybridized carbons (Fsp3) is 0.250. The van der Waals surface area contributed by atoms with E-state index >= 15 is 0 Å². The van der Waals surface area contributed by atoms with Crippen molar-refractivity contribution in [2.45, 2.75) is 12.6 Å². The van der Waals surface area contributed by atoms with Crippen LogP contribution >= 0.6 is 0 Å². The summed E-state index contributed by atoms with van der Waals surface area (Å²) < 4.78 is 8.12. The monoisotopic (exact) mass is 315 g/mol. The predicted octanol–water partition coefficient (Wildman–Crippen LogP) is 0.783. The van der Waals surface area contributed by atoms with Crippen LogP contribution in [0.1, 0.15) is 11.8 Å². The number of aliphatic hydroxyl groups excluding tert-OH is 1. The van der Waals surface area contributed by atoms with Crippen molar-refractivity contribution in [3.63, 3.8) is 0 Å². The van der Waals surface area contributed by atoms with E-state index in [2.05, 4.69) is 5.32 Å². The molecule has 3 rings (SSSR count). The molecule has 0 radical (unpaired) electrons. The van der Waals surface area contributed by atoms with Gasteiger partial charge in [0.2, 0.25) is 5.91 Å².